The minimum absolute atomic E-state index is 0.178. The Kier molecular flexibility index (Phi) is 4.76. The monoisotopic (exact) mass is 334 g/mol. The third kappa shape index (κ3) is 3.37. The van der Waals surface area contributed by atoms with Crippen molar-refractivity contribution in [2.45, 2.75) is 6.54 Å². The van der Waals surface area contributed by atoms with E-state index in [0.717, 1.165) is 15.7 Å². The van der Waals surface area contributed by atoms with E-state index in [-0.39, 0.29) is 5.91 Å². The first-order chi connectivity index (χ1) is 9.63. The van der Waals surface area contributed by atoms with Crippen molar-refractivity contribution < 1.29 is 9.53 Å². The number of halogens is 1. The summed E-state index contributed by atoms with van der Waals surface area (Å²) in [6.07, 6.45) is 0. The van der Waals surface area contributed by atoms with Crippen LogP contribution in [0.5, 0.6) is 5.75 Å². The number of hydrogen-bond donors (Lipinski definition) is 2. The Morgan fingerprint density at radius 3 is 2.75 bits per heavy atom. The number of nitrogens with one attached hydrogen (secondary N) is 1. The predicted octanol–water partition coefficient (Wildman–Crippen LogP) is 3.17. The van der Waals surface area contributed by atoms with Gasteiger partial charge in [0.2, 0.25) is 0 Å². The smallest absolute Gasteiger partial charge is 0.255 e. The van der Waals surface area contributed by atoms with Gasteiger partial charge in [-0.15, -0.1) is 0 Å². The maximum Gasteiger partial charge on any atom is 0.255 e. The molecule has 2 aromatic rings. The molecule has 20 heavy (non-hydrogen) atoms. The van der Waals surface area contributed by atoms with Gasteiger partial charge in [0, 0.05) is 17.8 Å². The maximum absolute atomic E-state index is 12.2. The molecular weight excluding hydrogens is 320 g/mol. The SMILES string of the molecule is COc1ccc(C(=O)Nc2cccc(CN)c2)cc1Br. The molecule has 0 aliphatic rings. The van der Waals surface area contributed by atoms with Crippen molar-refractivity contribution in [3.05, 3.63) is 58.1 Å². The number of ether oxygens (including phenoxy) is 1. The summed E-state index contributed by atoms with van der Waals surface area (Å²) in [7, 11) is 1.58. The molecule has 0 saturated carbocycles. The van der Waals surface area contributed by atoms with Gasteiger partial charge in [0.15, 0.2) is 0 Å². The summed E-state index contributed by atoms with van der Waals surface area (Å²) in [4.78, 5) is 12.2. The molecule has 0 aliphatic carbocycles. The van der Waals surface area contributed by atoms with Crippen LogP contribution in [0.4, 0.5) is 5.69 Å². The number of methoxy groups -OCH3 is 1. The zero-order valence-corrected chi connectivity index (χ0v) is 12.6. The first kappa shape index (κ1) is 14.6. The fourth-order valence-electron chi connectivity index (χ4n) is 1.79. The standard InChI is InChI=1S/C15H15BrN2O2/c1-20-14-6-5-11(8-13(14)16)15(19)18-12-4-2-3-10(7-12)9-17/h2-8H,9,17H2,1H3,(H,18,19). The molecule has 5 heteroatoms. The van der Waals surface area contributed by atoms with Gasteiger partial charge >= 0.3 is 0 Å². The highest BCUT2D eigenvalue weighted by atomic mass is 79.9. The van der Waals surface area contributed by atoms with Crippen LogP contribution < -0.4 is 15.8 Å². The maximum atomic E-state index is 12.2. The van der Waals surface area contributed by atoms with Crippen molar-refractivity contribution in [3.63, 3.8) is 0 Å². The number of benzene rings is 2. The lowest BCUT2D eigenvalue weighted by Crippen LogP contribution is -2.12. The highest BCUT2D eigenvalue weighted by Gasteiger charge is 2.09. The highest BCUT2D eigenvalue weighted by molar-refractivity contribution is 9.10. The summed E-state index contributed by atoms with van der Waals surface area (Å²) >= 11 is 3.36. The van der Waals surface area contributed by atoms with Gasteiger partial charge in [-0.1, -0.05) is 12.1 Å². The van der Waals surface area contributed by atoms with Crippen molar-refractivity contribution in [1.82, 2.24) is 0 Å². The Labute approximate surface area is 126 Å². The first-order valence-corrected chi connectivity index (χ1v) is 6.87. The van der Waals surface area contributed by atoms with Crippen molar-refractivity contribution in [1.29, 1.82) is 0 Å². The fraction of sp³-hybridized carbons (Fsp3) is 0.133. The number of carbonyl (C=O) groups excluding carboxylic acids is 1. The van der Waals surface area contributed by atoms with Crippen molar-refractivity contribution in [3.8, 4) is 5.75 Å². The van der Waals surface area contributed by atoms with Crippen LogP contribution in [0.1, 0.15) is 15.9 Å². The molecule has 0 atom stereocenters. The van der Waals surface area contributed by atoms with Crippen LogP contribution in [-0.4, -0.2) is 13.0 Å². The van der Waals surface area contributed by atoms with E-state index in [0.29, 0.717) is 17.9 Å². The number of carbonyl (C=O) groups is 1. The van der Waals surface area contributed by atoms with Crippen LogP contribution >= 0.6 is 15.9 Å². The van der Waals surface area contributed by atoms with Crippen molar-refractivity contribution >= 4 is 27.5 Å². The van der Waals surface area contributed by atoms with Crippen molar-refractivity contribution in [2.75, 3.05) is 12.4 Å². The molecule has 0 saturated heterocycles. The van der Waals surface area contributed by atoms with E-state index in [1.54, 1.807) is 25.3 Å². The molecule has 4 nitrogen and oxygen atoms in total. The Bertz CT molecular complexity index is 629. The summed E-state index contributed by atoms with van der Waals surface area (Å²) in [5, 5.41) is 2.84. The van der Waals surface area contributed by atoms with Crippen LogP contribution in [0.15, 0.2) is 46.9 Å². The molecule has 3 N–H and O–H groups in total. The largest absolute Gasteiger partial charge is 0.496 e. The van der Waals surface area contributed by atoms with Gasteiger partial charge in [0.05, 0.1) is 11.6 Å². The van der Waals surface area contributed by atoms with Gasteiger partial charge in [-0.3, -0.25) is 4.79 Å². The van der Waals surface area contributed by atoms with E-state index in [4.69, 9.17) is 10.5 Å². The van der Waals surface area contributed by atoms with Crippen LogP contribution in [0, 0.1) is 0 Å². The second-order valence-electron chi connectivity index (χ2n) is 4.21. The van der Waals surface area contributed by atoms with Gasteiger partial charge in [-0.05, 0) is 51.8 Å². The molecule has 0 unspecified atom stereocenters. The van der Waals surface area contributed by atoms with E-state index in [1.165, 1.54) is 0 Å². The van der Waals surface area contributed by atoms with E-state index in [1.807, 2.05) is 24.3 Å². The third-order valence-electron chi connectivity index (χ3n) is 2.83. The Balaban J connectivity index is 2.17. The van der Waals surface area contributed by atoms with Crippen LogP contribution in [0.2, 0.25) is 0 Å². The topological polar surface area (TPSA) is 64.3 Å². The fourth-order valence-corrected chi connectivity index (χ4v) is 2.33. The third-order valence-corrected chi connectivity index (χ3v) is 3.45. The summed E-state index contributed by atoms with van der Waals surface area (Å²) in [6, 6.07) is 12.6. The van der Waals surface area contributed by atoms with Gasteiger partial charge in [-0.2, -0.15) is 0 Å². The number of hydrogen-bond acceptors (Lipinski definition) is 3. The Morgan fingerprint density at radius 2 is 2.10 bits per heavy atom. The minimum Gasteiger partial charge on any atom is -0.496 e. The van der Waals surface area contributed by atoms with Gasteiger partial charge in [0.1, 0.15) is 5.75 Å². The molecule has 0 spiro atoms. The molecule has 0 aliphatic heterocycles. The van der Waals surface area contributed by atoms with Gasteiger partial charge < -0.3 is 15.8 Å². The van der Waals surface area contributed by atoms with Crippen LogP contribution in [0.3, 0.4) is 0 Å². The number of rotatable bonds is 4. The summed E-state index contributed by atoms with van der Waals surface area (Å²) in [6.45, 7) is 0.442. The molecule has 104 valence electrons. The molecule has 0 radical (unpaired) electrons. The molecule has 0 heterocycles. The molecular formula is C15H15BrN2O2. The van der Waals surface area contributed by atoms with Gasteiger partial charge in [-0.25, -0.2) is 0 Å². The average Bonchev–Trinajstić information content (AvgIpc) is 2.47. The second-order valence-corrected chi connectivity index (χ2v) is 5.06. The normalized spacial score (nSPS) is 10.2. The van der Waals surface area contributed by atoms with E-state index in [9.17, 15) is 4.79 Å². The summed E-state index contributed by atoms with van der Waals surface area (Å²) in [5.74, 6) is 0.509. The van der Waals surface area contributed by atoms with E-state index in [2.05, 4.69) is 21.2 Å². The predicted molar refractivity (Wildman–Crippen MR) is 83.0 cm³/mol. The minimum atomic E-state index is -0.178. The molecule has 0 bridgehead atoms. The molecule has 0 fully saturated rings. The van der Waals surface area contributed by atoms with E-state index < -0.39 is 0 Å². The summed E-state index contributed by atoms with van der Waals surface area (Å²) in [5.41, 5.74) is 7.83. The average molecular weight is 335 g/mol. The molecule has 2 aromatic carbocycles. The lowest BCUT2D eigenvalue weighted by atomic mass is 10.1. The van der Waals surface area contributed by atoms with Gasteiger partial charge in [0.25, 0.3) is 5.91 Å². The van der Waals surface area contributed by atoms with Crippen molar-refractivity contribution in [2.24, 2.45) is 5.73 Å². The number of amides is 1. The molecule has 0 aromatic heterocycles. The van der Waals surface area contributed by atoms with Crippen LogP contribution in [0.25, 0.3) is 0 Å². The number of nitrogens with two attached hydrogens (primary N) is 1. The molecule has 2 rings (SSSR count). The molecule has 1 amide bonds. The zero-order chi connectivity index (χ0) is 14.5. The lowest BCUT2D eigenvalue weighted by Gasteiger charge is -2.08. The second kappa shape index (κ2) is 6.54. The number of anilines is 1. The van der Waals surface area contributed by atoms with Crippen LogP contribution in [-0.2, 0) is 6.54 Å². The Morgan fingerprint density at radius 1 is 1.30 bits per heavy atom. The quantitative estimate of drug-likeness (QED) is 0.902. The first-order valence-electron chi connectivity index (χ1n) is 6.08. The highest BCUT2D eigenvalue weighted by Crippen LogP contribution is 2.25. The Hall–Kier alpha value is -1.85. The van der Waals surface area contributed by atoms with E-state index >= 15 is 0 Å². The summed E-state index contributed by atoms with van der Waals surface area (Å²) < 4.78 is 5.88. The zero-order valence-electron chi connectivity index (χ0n) is 11.0. The lowest BCUT2D eigenvalue weighted by molar-refractivity contribution is 0.102.